The van der Waals surface area contributed by atoms with Crippen LogP contribution in [0.4, 0.5) is 18.9 Å². The molecule has 0 amide bonds. The summed E-state index contributed by atoms with van der Waals surface area (Å²) in [7, 11) is 1.64. The van der Waals surface area contributed by atoms with E-state index in [-0.39, 0.29) is 18.8 Å². The van der Waals surface area contributed by atoms with E-state index in [1.165, 1.54) is 9.13 Å². The fourth-order valence-electron chi connectivity index (χ4n) is 3.34. The number of halogens is 3. The lowest BCUT2D eigenvalue weighted by molar-refractivity contribution is -0.0566. The van der Waals surface area contributed by atoms with E-state index in [1.807, 2.05) is 0 Å². The number of likely N-dealkylation sites (tertiary alicyclic amines) is 1. The van der Waals surface area contributed by atoms with Crippen molar-refractivity contribution in [3.63, 3.8) is 0 Å². The minimum atomic E-state index is -3.05. The van der Waals surface area contributed by atoms with Gasteiger partial charge in [-0.15, -0.1) is 0 Å². The number of nitrogens with zero attached hydrogens (tertiary/aromatic N) is 3. The van der Waals surface area contributed by atoms with Crippen LogP contribution in [0.3, 0.4) is 0 Å². The smallest absolute Gasteiger partial charge is 0.328 e. The third-order valence-corrected chi connectivity index (χ3v) is 4.51. The number of alkyl halides is 3. The van der Waals surface area contributed by atoms with E-state index < -0.39 is 18.8 Å². The standard InChI is InChI=1S/C15H19F3N4O/c1-20-11-5-4-9(19)7-12(11)22(15(20)23)8-10-3-2-6-21(10)14(18)13(16)17/h4-5,7,10,13-14H,2-3,6,8,19H2,1H3/t10-,14?/m0/s1. The molecule has 0 spiro atoms. The van der Waals surface area contributed by atoms with Crippen LogP contribution >= 0.6 is 0 Å². The van der Waals surface area contributed by atoms with Crippen LogP contribution in [0.25, 0.3) is 11.0 Å². The van der Waals surface area contributed by atoms with Gasteiger partial charge in [-0.1, -0.05) is 0 Å². The second-order valence-electron chi connectivity index (χ2n) is 5.94. The number of nitrogens with two attached hydrogens (primary N) is 1. The molecule has 1 aliphatic heterocycles. The van der Waals surface area contributed by atoms with Gasteiger partial charge in [-0.3, -0.25) is 14.0 Å². The van der Waals surface area contributed by atoms with E-state index in [1.54, 1.807) is 25.2 Å². The van der Waals surface area contributed by atoms with Gasteiger partial charge in [0.15, 0.2) is 0 Å². The number of nitrogen functional groups attached to an aromatic ring is 1. The maximum absolute atomic E-state index is 13.7. The van der Waals surface area contributed by atoms with Crippen LogP contribution in [-0.4, -0.2) is 39.3 Å². The van der Waals surface area contributed by atoms with Crippen molar-refractivity contribution in [2.45, 2.75) is 38.1 Å². The third kappa shape index (κ3) is 2.71. The maximum Gasteiger partial charge on any atom is 0.328 e. The second-order valence-corrected chi connectivity index (χ2v) is 5.94. The zero-order valence-electron chi connectivity index (χ0n) is 12.8. The maximum atomic E-state index is 13.7. The lowest BCUT2D eigenvalue weighted by Crippen LogP contribution is -2.43. The molecule has 2 atom stereocenters. The number of aromatic nitrogens is 2. The highest BCUT2D eigenvalue weighted by atomic mass is 19.3. The zero-order chi connectivity index (χ0) is 16.7. The van der Waals surface area contributed by atoms with Gasteiger partial charge in [0.2, 0.25) is 6.30 Å². The number of aryl methyl sites for hydroxylation is 1. The molecule has 1 aromatic carbocycles. The first kappa shape index (κ1) is 15.9. The first-order valence-electron chi connectivity index (χ1n) is 7.53. The number of hydrogen-bond donors (Lipinski definition) is 1. The normalized spacial score (nSPS) is 20.7. The van der Waals surface area contributed by atoms with Crippen LogP contribution in [0.2, 0.25) is 0 Å². The molecular weight excluding hydrogens is 309 g/mol. The summed E-state index contributed by atoms with van der Waals surface area (Å²) < 4.78 is 42.1. The summed E-state index contributed by atoms with van der Waals surface area (Å²) in [6, 6.07) is 4.69. The Morgan fingerprint density at radius 3 is 2.74 bits per heavy atom. The van der Waals surface area contributed by atoms with Crippen molar-refractivity contribution in [2.24, 2.45) is 7.05 Å². The summed E-state index contributed by atoms with van der Waals surface area (Å²) in [5, 5.41) is 0. The quantitative estimate of drug-likeness (QED) is 0.689. The van der Waals surface area contributed by atoms with Crippen molar-refractivity contribution in [1.82, 2.24) is 14.0 Å². The van der Waals surface area contributed by atoms with Gasteiger partial charge >= 0.3 is 5.69 Å². The molecule has 0 aliphatic carbocycles. The Morgan fingerprint density at radius 2 is 2.04 bits per heavy atom. The van der Waals surface area contributed by atoms with Crippen molar-refractivity contribution >= 4 is 16.7 Å². The fraction of sp³-hybridized carbons (Fsp3) is 0.533. The van der Waals surface area contributed by atoms with Crippen LogP contribution in [0.5, 0.6) is 0 Å². The van der Waals surface area contributed by atoms with Gasteiger partial charge in [-0.25, -0.2) is 18.0 Å². The summed E-state index contributed by atoms with van der Waals surface area (Å²) in [6.45, 7) is 0.449. The van der Waals surface area contributed by atoms with Crippen LogP contribution < -0.4 is 11.4 Å². The van der Waals surface area contributed by atoms with Crippen molar-refractivity contribution in [1.29, 1.82) is 0 Å². The average Bonchev–Trinajstić information content (AvgIpc) is 3.06. The van der Waals surface area contributed by atoms with Gasteiger partial charge in [-0.2, -0.15) is 0 Å². The molecule has 2 heterocycles. The minimum Gasteiger partial charge on any atom is -0.399 e. The van der Waals surface area contributed by atoms with E-state index >= 15 is 0 Å². The molecule has 0 saturated carbocycles. The Morgan fingerprint density at radius 1 is 1.30 bits per heavy atom. The zero-order valence-corrected chi connectivity index (χ0v) is 12.8. The summed E-state index contributed by atoms with van der Waals surface area (Å²) in [5.74, 6) is 0. The molecule has 2 aromatic rings. The Bertz CT molecular complexity index is 770. The first-order chi connectivity index (χ1) is 10.9. The van der Waals surface area contributed by atoms with Crippen LogP contribution in [-0.2, 0) is 13.6 Å². The monoisotopic (exact) mass is 328 g/mol. The Hall–Kier alpha value is -1.96. The summed E-state index contributed by atoms with van der Waals surface area (Å²) >= 11 is 0. The lowest BCUT2D eigenvalue weighted by atomic mass is 10.2. The molecule has 23 heavy (non-hydrogen) atoms. The van der Waals surface area contributed by atoms with Crippen LogP contribution in [0.1, 0.15) is 12.8 Å². The highest BCUT2D eigenvalue weighted by Gasteiger charge is 2.36. The van der Waals surface area contributed by atoms with Gasteiger partial charge in [0.25, 0.3) is 6.43 Å². The number of rotatable bonds is 4. The van der Waals surface area contributed by atoms with E-state index in [0.717, 1.165) is 4.90 Å². The molecule has 5 nitrogen and oxygen atoms in total. The molecule has 1 saturated heterocycles. The molecule has 1 aliphatic rings. The Balaban J connectivity index is 1.97. The van der Waals surface area contributed by atoms with Crippen LogP contribution in [0.15, 0.2) is 23.0 Å². The van der Waals surface area contributed by atoms with Crippen molar-refractivity contribution in [3.8, 4) is 0 Å². The molecule has 2 N–H and O–H groups in total. The van der Waals surface area contributed by atoms with Crippen molar-refractivity contribution < 1.29 is 13.2 Å². The number of hydrogen-bond acceptors (Lipinski definition) is 3. The molecule has 126 valence electrons. The Kier molecular flexibility index (Phi) is 4.09. The molecule has 0 radical (unpaired) electrons. The number of imidazole rings is 1. The van der Waals surface area contributed by atoms with Gasteiger partial charge in [-0.05, 0) is 31.0 Å². The molecule has 1 aromatic heterocycles. The average molecular weight is 328 g/mol. The van der Waals surface area contributed by atoms with Crippen LogP contribution in [0, 0.1) is 0 Å². The summed E-state index contributed by atoms with van der Waals surface area (Å²) in [5.41, 5.74) is 7.38. The van der Waals surface area contributed by atoms with Gasteiger partial charge in [0.1, 0.15) is 0 Å². The highest BCUT2D eigenvalue weighted by molar-refractivity contribution is 5.79. The number of benzene rings is 1. The number of fused-ring (bicyclic) bond motifs is 1. The highest BCUT2D eigenvalue weighted by Crippen LogP contribution is 2.26. The second kappa shape index (κ2) is 5.92. The predicted octanol–water partition coefficient (Wildman–Crippen LogP) is 1.95. The van der Waals surface area contributed by atoms with E-state index in [0.29, 0.717) is 29.6 Å². The summed E-state index contributed by atoms with van der Waals surface area (Å²) in [4.78, 5) is 13.6. The van der Waals surface area contributed by atoms with Crippen molar-refractivity contribution in [3.05, 3.63) is 28.7 Å². The molecule has 1 fully saturated rings. The van der Waals surface area contributed by atoms with Gasteiger partial charge in [0.05, 0.1) is 11.0 Å². The van der Waals surface area contributed by atoms with E-state index in [4.69, 9.17) is 5.73 Å². The lowest BCUT2D eigenvalue weighted by Gasteiger charge is -2.27. The largest absolute Gasteiger partial charge is 0.399 e. The Labute approximate surface area is 131 Å². The van der Waals surface area contributed by atoms with Gasteiger partial charge < -0.3 is 5.73 Å². The SMILES string of the molecule is Cn1c(=O)n(C[C@@H]2CCCN2C(F)C(F)F)c2cc(N)ccc21. The topological polar surface area (TPSA) is 56.2 Å². The number of anilines is 1. The van der Waals surface area contributed by atoms with Crippen molar-refractivity contribution in [2.75, 3.05) is 12.3 Å². The third-order valence-electron chi connectivity index (χ3n) is 4.51. The summed E-state index contributed by atoms with van der Waals surface area (Å²) in [6.07, 6.45) is -4.12. The molecule has 3 rings (SSSR count). The molecule has 0 bridgehead atoms. The van der Waals surface area contributed by atoms with Gasteiger partial charge in [0, 0.05) is 31.9 Å². The predicted molar refractivity (Wildman–Crippen MR) is 82.2 cm³/mol. The molecule has 8 heteroatoms. The fourth-order valence-corrected chi connectivity index (χ4v) is 3.34. The van der Waals surface area contributed by atoms with E-state index in [2.05, 4.69) is 0 Å². The molecular formula is C15H19F3N4O. The first-order valence-corrected chi connectivity index (χ1v) is 7.53. The van der Waals surface area contributed by atoms with E-state index in [9.17, 15) is 18.0 Å². The minimum absolute atomic E-state index is 0.173. The molecule has 1 unspecified atom stereocenters.